The number of rotatable bonds is 6. The van der Waals surface area contributed by atoms with E-state index in [-0.39, 0.29) is 0 Å². The third kappa shape index (κ3) is 4.14. The number of hydrogen-bond acceptors (Lipinski definition) is 5. The number of thioether (sulfide) groups is 1. The first-order chi connectivity index (χ1) is 9.85. The fourth-order valence-corrected chi connectivity index (χ4v) is 3.14. The lowest BCUT2D eigenvalue weighted by molar-refractivity contribution is 0.249. The topological polar surface area (TPSA) is 51.1 Å². The summed E-state index contributed by atoms with van der Waals surface area (Å²) in [5.74, 6) is 0.985. The Labute approximate surface area is 125 Å². The van der Waals surface area contributed by atoms with Crippen LogP contribution in [0.1, 0.15) is 12.5 Å². The van der Waals surface area contributed by atoms with E-state index in [4.69, 9.17) is 0 Å². The van der Waals surface area contributed by atoms with Gasteiger partial charge in [0.25, 0.3) is 0 Å². The van der Waals surface area contributed by atoms with Crippen molar-refractivity contribution < 1.29 is 0 Å². The molecule has 1 heterocycles. The van der Waals surface area contributed by atoms with Gasteiger partial charge in [-0.25, -0.2) is 0 Å². The normalized spacial score (nSPS) is 15.8. The first-order valence-electron chi connectivity index (χ1n) is 7.18. The SMILES string of the molecule is CCSc1cccc(NCCN2CCNCC2)c1C#N. The second-order valence-corrected chi connectivity index (χ2v) is 6.05. The molecule has 0 bridgehead atoms. The predicted molar refractivity (Wildman–Crippen MR) is 85.4 cm³/mol. The van der Waals surface area contributed by atoms with Gasteiger partial charge >= 0.3 is 0 Å². The maximum absolute atomic E-state index is 9.35. The number of nitrogens with zero attached hydrogens (tertiary/aromatic N) is 2. The Bertz CT molecular complexity index is 463. The number of piperazine rings is 1. The molecule has 108 valence electrons. The maximum atomic E-state index is 9.35. The molecule has 2 N–H and O–H groups in total. The van der Waals surface area contributed by atoms with Crippen molar-refractivity contribution in [1.29, 1.82) is 5.26 Å². The van der Waals surface area contributed by atoms with Gasteiger partial charge < -0.3 is 10.6 Å². The van der Waals surface area contributed by atoms with E-state index in [1.807, 2.05) is 18.2 Å². The average Bonchev–Trinajstić information content (AvgIpc) is 2.49. The molecule has 5 heteroatoms. The third-order valence-electron chi connectivity index (χ3n) is 3.39. The molecule has 0 amide bonds. The van der Waals surface area contributed by atoms with Crippen LogP contribution in [0.3, 0.4) is 0 Å². The first-order valence-corrected chi connectivity index (χ1v) is 8.16. The van der Waals surface area contributed by atoms with Crippen molar-refractivity contribution in [3.63, 3.8) is 0 Å². The molecule has 0 radical (unpaired) electrons. The fraction of sp³-hybridized carbons (Fsp3) is 0.533. The largest absolute Gasteiger partial charge is 0.383 e. The van der Waals surface area contributed by atoms with Gasteiger partial charge in [0.2, 0.25) is 0 Å². The molecule has 1 aromatic carbocycles. The molecule has 2 rings (SSSR count). The standard InChI is InChI=1S/C15H22N4S/c1-2-20-15-5-3-4-14(13(15)12-16)18-8-11-19-9-6-17-7-10-19/h3-5,17-18H,2,6-11H2,1H3. The van der Waals surface area contributed by atoms with Gasteiger partial charge in [-0.05, 0) is 17.9 Å². The molecule has 4 nitrogen and oxygen atoms in total. The van der Waals surface area contributed by atoms with Crippen molar-refractivity contribution in [2.45, 2.75) is 11.8 Å². The highest BCUT2D eigenvalue weighted by Crippen LogP contribution is 2.27. The Morgan fingerprint density at radius 1 is 1.40 bits per heavy atom. The van der Waals surface area contributed by atoms with Crippen molar-refractivity contribution in [2.75, 3.05) is 50.3 Å². The Balaban J connectivity index is 1.91. The minimum atomic E-state index is 0.777. The second kappa shape index (κ2) is 8.15. The van der Waals surface area contributed by atoms with Crippen LogP contribution in [0.15, 0.2) is 23.1 Å². The summed E-state index contributed by atoms with van der Waals surface area (Å²) < 4.78 is 0. The predicted octanol–water partition coefficient (Wildman–Crippen LogP) is 1.99. The van der Waals surface area contributed by atoms with Crippen LogP contribution >= 0.6 is 11.8 Å². The molecular formula is C15H22N4S. The van der Waals surface area contributed by atoms with E-state index in [0.29, 0.717) is 0 Å². The van der Waals surface area contributed by atoms with Crippen LogP contribution in [-0.2, 0) is 0 Å². The zero-order valence-corrected chi connectivity index (χ0v) is 12.8. The van der Waals surface area contributed by atoms with Gasteiger partial charge in [-0.3, -0.25) is 4.90 Å². The van der Waals surface area contributed by atoms with E-state index >= 15 is 0 Å². The smallest absolute Gasteiger partial charge is 0.102 e. The number of benzene rings is 1. The van der Waals surface area contributed by atoms with E-state index < -0.39 is 0 Å². The van der Waals surface area contributed by atoms with Gasteiger partial charge in [-0.15, -0.1) is 11.8 Å². The van der Waals surface area contributed by atoms with E-state index in [0.717, 1.165) is 61.2 Å². The van der Waals surface area contributed by atoms with Crippen molar-refractivity contribution in [3.05, 3.63) is 23.8 Å². The van der Waals surface area contributed by atoms with Crippen LogP contribution in [0, 0.1) is 11.3 Å². The molecule has 1 aliphatic heterocycles. The molecule has 20 heavy (non-hydrogen) atoms. The van der Waals surface area contributed by atoms with Gasteiger partial charge in [0, 0.05) is 44.2 Å². The zero-order valence-electron chi connectivity index (χ0n) is 12.0. The minimum Gasteiger partial charge on any atom is -0.383 e. The number of hydrogen-bond donors (Lipinski definition) is 2. The third-order valence-corrected chi connectivity index (χ3v) is 4.33. The Morgan fingerprint density at radius 2 is 2.20 bits per heavy atom. The molecule has 1 aliphatic rings. The van der Waals surface area contributed by atoms with Crippen LogP contribution in [0.25, 0.3) is 0 Å². The molecule has 0 aromatic heterocycles. The molecule has 1 saturated heterocycles. The minimum absolute atomic E-state index is 0.777. The second-order valence-electron chi connectivity index (χ2n) is 4.74. The van der Waals surface area contributed by atoms with E-state index in [2.05, 4.69) is 28.5 Å². The van der Waals surface area contributed by atoms with E-state index in [1.165, 1.54) is 0 Å². The van der Waals surface area contributed by atoms with Crippen LogP contribution in [0.2, 0.25) is 0 Å². The highest BCUT2D eigenvalue weighted by Gasteiger charge is 2.10. The van der Waals surface area contributed by atoms with Gasteiger partial charge in [0.1, 0.15) is 6.07 Å². The Morgan fingerprint density at radius 3 is 2.90 bits per heavy atom. The summed E-state index contributed by atoms with van der Waals surface area (Å²) in [6.07, 6.45) is 0. The summed E-state index contributed by atoms with van der Waals surface area (Å²) >= 11 is 1.72. The summed E-state index contributed by atoms with van der Waals surface area (Å²) in [7, 11) is 0. The monoisotopic (exact) mass is 290 g/mol. The first kappa shape index (κ1) is 15.2. The van der Waals surface area contributed by atoms with Gasteiger partial charge in [0.05, 0.1) is 11.3 Å². The number of anilines is 1. The van der Waals surface area contributed by atoms with Gasteiger partial charge in [0.15, 0.2) is 0 Å². The fourth-order valence-electron chi connectivity index (χ4n) is 2.35. The van der Waals surface area contributed by atoms with Crippen molar-refractivity contribution >= 4 is 17.4 Å². The lowest BCUT2D eigenvalue weighted by Crippen LogP contribution is -2.45. The quantitative estimate of drug-likeness (QED) is 0.785. The molecule has 0 saturated carbocycles. The molecule has 0 aliphatic carbocycles. The lowest BCUT2D eigenvalue weighted by Gasteiger charge is -2.27. The number of nitrogens with one attached hydrogen (secondary N) is 2. The van der Waals surface area contributed by atoms with E-state index in [1.54, 1.807) is 11.8 Å². The lowest BCUT2D eigenvalue weighted by atomic mass is 10.2. The van der Waals surface area contributed by atoms with Crippen LogP contribution in [0.5, 0.6) is 0 Å². The van der Waals surface area contributed by atoms with Crippen LogP contribution < -0.4 is 10.6 Å². The summed E-state index contributed by atoms with van der Waals surface area (Å²) in [5.41, 5.74) is 1.74. The summed E-state index contributed by atoms with van der Waals surface area (Å²) in [5, 5.41) is 16.1. The zero-order chi connectivity index (χ0) is 14.2. The van der Waals surface area contributed by atoms with Crippen LogP contribution in [0.4, 0.5) is 5.69 Å². The molecular weight excluding hydrogens is 268 g/mol. The Kier molecular flexibility index (Phi) is 6.19. The highest BCUT2D eigenvalue weighted by molar-refractivity contribution is 7.99. The molecule has 0 atom stereocenters. The highest BCUT2D eigenvalue weighted by atomic mass is 32.2. The van der Waals surface area contributed by atoms with Crippen molar-refractivity contribution in [1.82, 2.24) is 10.2 Å². The summed E-state index contributed by atoms with van der Waals surface area (Å²) in [6.45, 7) is 8.39. The Hall–Kier alpha value is -1.22. The van der Waals surface area contributed by atoms with Gasteiger partial charge in [-0.2, -0.15) is 5.26 Å². The van der Waals surface area contributed by atoms with Crippen molar-refractivity contribution in [3.8, 4) is 6.07 Å². The van der Waals surface area contributed by atoms with Gasteiger partial charge in [-0.1, -0.05) is 13.0 Å². The summed E-state index contributed by atoms with van der Waals surface area (Å²) in [4.78, 5) is 3.52. The molecule has 0 unspecified atom stereocenters. The molecule has 1 fully saturated rings. The summed E-state index contributed by atoms with van der Waals surface area (Å²) in [6, 6.07) is 8.37. The maximum Gasteiger partial charge on any atom is 0.102 e. The van der Waals surface area contributed by atoms with Crippen molar-refractivity contribution in [2.24, 2.45) is 0 Å². The molecule has 0 spiro atoms. The van der Waals surface area contributed by atoms with E-state index in [9.17, 15) is 5.26 Å². The average molecular weight is 290 g/mol. The number of nitriles is 1. The van der Waals surface area contributed by atoms with Crippen LogP contribution in [-0.4, -0.2) is 49.9 Å². The molecule has 1 aromatic rings.